The van der Waals surface area contributed by atoms with Gasteiger partial charge in [-0.2, -0.15) is 0 Å². The maximum atomic E-state index is 6.44. The van der Waals surface area contributed by atoms with Gasteiger partial charge in [0, 0.05) is 41.1 Å². The van der Waals surface area contributed by atoms with E-state index in [9.17, 15) is 0 Å². The van der Waals surface area contributed by atoms with Crippen LogP contribution in [0.5, 0.6) is 11.5 Å². The summed E-state index contributed by atoms with van der Waals surface area (Å²) in [7, 11) is 1.58. The van der Waals surface area contributed by atoms with Crippen LogP contribution in [0.4, 0.5) is 0 Å². The molecule has 0 saturated carbocycles. The van der Waals surface area contributed by atoms with Crippen molar-refractivity contribution in [2.24, 2.45) is 0 Å². The largest absolute Gasteiger partial charge is 0.493 e. The molecular formula is C21H20Cl4N2O2. The van der Waals surface area contributed by atoms with Crippen molar-refractivity contribution in [3.05, 3.63) is 86.6 Å². The second kappa shape index (κ2) is 11.5. The third-order valence-corrected chi connectivity index (χ3v) is 4.93. The van der Waals surface area contributed by atoms with Crippen molar-refractivity contribution in [1.29, 1.82) is 0 Å². The van der Waals surface area contributed by atoms with Gasteiger partial charge in [-0.25, -0.2) is 0 Å². The van der Waals surface area contributed by atoms with E-state index in [0.29, 0.717) is 39.7 Å². The first-order chi connectivity index (χ1) is 13.6. The standard InChI is InChI=1S/C21H19Cl3N2O2.ClH/c1-27-20-8-15(12-26-11-14-3-2-6-25-10-14)7-19(24)21(20)28-13-16-4-5-17(22)9-18(16)23;/h2-10,26H,11-13H2,1H3;1H. The van der Waals surface area contributed by atoms with Crippen LogP contribution < -0.4 is 14.8 Å². The molecule has 0 aliphatic rings. The molecule has 0 fully saturated rings. The van der Waals surface area contributed by atoms with E-state index in [1.807, 2.05) is 36.5 Å². The maximum Gasteiger partial charge on any atom is 0.180 e. The fourth-order valence-electron chi connectivity index (χ4n) is 2.66. The molecule has 0 spiro atoms. The highest BCUT2D eigenvalue weighted by atomic mass is 35.5. The van der Waals surface area contributed by atoms with Gasteiger partial charge in [0.15, 0.2) is 11.5 Å². The molecule has 0 aliphatic carbocycles. The monoisotopic (exact) mass is 472 g/mol. The fraction of sp³-hybridized carbons (Fsp3) is 0.190. The molecule has 0 aliphatic heterocycles. The molecule has 0 saturated heterocycles. The number of halogens is 4. The van der Waals surface area contributed by atoms with Crippen LogP contribution in [-0.2, 0) is 19.7 Å². The lowest BCUT2D eigenvalue weighted by molar-refractivity contribution is 0.284. The molecule has 1 N–H and O–H groups in total. The zero-order valence-electron chi connectivity index (χ0n) is 15.6. The van der Waals surface area contributed by atoms with Gasteiger partial charge in [0.1, 0.15) is 6.61 Å². The van der Waals surface area contributed by atoms with E-state index in [4.69, 9.17) is 44.3 Å². The summed E-state index contributed by atoms with van der Waals surface area (Å²) in [5, 5.41) is 4.95. The summed E-state index contributed by atoms with van der Waals surface area (Å²) < 4.78 is 11.3. The van der Waals surface area contributed by atoms with Crippen molar-refractivity contribution in [2.45, 2.75) is 19.7 Å². The number of ether oxygens (including phenoxy) is 2. The molecule has 29 heavy (non-hydrogen) atoms. The predicted octanol–water partition coefficient (Wildman–Crippen LogP) is 6.34. The number of nitrogens with one attached hydrogen (secondary N) is 1. The summed E-state index contributed by atoms with van der Waals surface area (Å²) in [5.74, 6) is 1.04. The molecular weight excluding hydrogens is 454 g/mol. The van der Waals surface area contributed by atoms with Crippen LogP contribution in [0.1, 0.15) is 16.7 Å². The van der Waals surface area contributed by atoms with E-state index in [0.717, 1.165) is 16.7 Å². The van der Waals surface area contributed by atoms with Crippen molar-refractivity contribution in [2.75, 3.05) is 7.11 Å². The Kier molecular flexibility index (Phi) is 9.34. The number of hydrogen-bond acceptors (Lipinski definition) is 4. The molecule has 1 heterocycles. The Morgan fingerprint density at radius 3 is 2.45 bits per heavy atom. The van der Waals surface area contributed by atoms with E-state index in [1.165, 1.54) is 0 Å². The number of rotatable bonds is 8. The minimum Gasteiger partial charge on any atom is -0.493 e. The first-order valence-corrected chi connectivity index (χ1v) is 9.73. The number of hydrogen-bond donors (Lipinski definition) is 1. The quantitative estimate of drug-likeness (QED) is 0.414. The summed E-state index contributed by atoms with van der Waals surface area (Å²) in [6.07, 6.45) is 3.59. The van der Waals surface area contributed by atoms with Crippen molar-refractivity contribution in [3.8, 4) is 11.5 Å². The number of pyridine rings is 1. The summed E-state index contributed by atoms with van der Waals surface area (Å²) in [4.78, 5) is 4.11. The van der Waals surface area contributed by atoms with Gasteiger partial charge < -0.3 is 14.8 Å². The topological polar surface area (TPSA) is 43.4 Å². The number of methoxy groups -OCH3 is 1. The Morgan fingerprint density at radius 1 is 0.966 bits per heavy atom. The first kappa shape index (κ1) is 23.6. The Labute approximate surface area is 191 Å². The lowest BCUT2D eigenvalue weighted by Gasteiger charge is -2.15. The van der Waals surface area contributed by atoms with Gasteiger partial charge in [-0.15, -0.1) is 12.4 Å². The zero-order chi connectivity index (χ0) is 19.9. The van der Waals surface area contributed by atoms with Gasteiger partial charge in [0.25, 0.3) is 0 Å². The number of benzene rings is 2. The SMILES string of the molecule is COc1cc(CNCc2cccnc2)cc(Cl)c1OCc1ccc(Cl)cc1Cl.Cl. The molecule has 8 heteroatoms. The highest BCUT2D eigenvalue weighted by Crippen LogP contribution is 2.37. The molecule has 0 radical (unpaired) electrons. The van der Waals surface area contributed by atoms with Crippen LogP contribution in [0.2, 0.25) is 15.1 Å². The Morgan fingerprint density at radius 2 is 1.76 bits per heavy atom. The smallest absolute Gasteiger partial charge is 0.180 e. The number of aromatic nitrogens is 1. The van der Waals surface area contributed by atoms with Crippen LogP contribution in [0, 0.1) is 0 Å². The Bertz CT molecular complexity index is 939. The molecule has 4 nitrogen and oxygen atoms in total. The highest BCUT2D eigenvalue weighted by Gasteiger charge is 2.13. The fourth-order valence-corrected chi connectivity index (χ4v) is 3.41. The minimum absolute atomic E-state index is 0. The van der Waals surface area contributed by atoms with Crippen LogP contribution >= 0.6 is 47.2 Å². The summed E-state index contributed by atoms with van der Waals surface area (Å²) >= 11 is 18.6. The van der Waals surface area contributed by atoms with Crippen LogP contribution in [0.25, 0.3) is 0 Å². The normalized spacial score (nSPS) is 10.3. The predicted molar refractivity (Wildman–Crippen MR) is 121 cm³/mol. The summed E-state index contributed by atoms with van der Waals surface area (Å²) in [6, 6.07) is 13.0. The summed E-state index contributed by atoms with van der Waals surface area (Å²) in [6.45, 7) is 1.60. The second-order valence-electron chi connectivity index (χ2n) is 6.10. The van der Waals surface area contributed by atoms with Gasteiger partial charge in [-0.3, -0.25) is 4.98 Å². The molecule has 3 rings (SSSR count). The molecule has 0 amide bonds. The van der Waals surface area contributed by atoms with Crippen LogP contribution in [-0.4, -0.2) is 12.1 Å². The van der Waals surface area contributed by atoms with E-state index in [2.05, 4.69) is 10.3 Å². The second-order valence-corrected chi connectivity index (χ2v) is 7.35. The zero-order valence-corrected chi connectivity index (χ0v) is 18.7. The molecule has 1 aromatic heterocycles. The lowest BCUT2D eigenvalue weighted by Crippen LogP contribution is -2.13. The van der Waals surface area contributed by atoms with Crippen molar-refractivity contribution < 1.29 is 9.47 Å². The first-order valence-electron chi connectivity index (χ1n) is 8.59. The Hall–Kier alpha value is -1.69. The van der Waals surface area contributed by atoms with Gasteiger partial charge in [-0.05, 0) is 41.5 Å². The van der Waals surface area contributed by atoms with E-state index in [-0.39, 0.29) is 19.0 Å². The van der Waals surface area contributed by atoms with E-state index in [1.54, 1.807) is 25.4 Å². The van der Waals surface area contributed by atoms with Crippen molar-refractivity contribution >= 4 is 47.2 Å². The average molecular weight is 474 g/mol. The van der Waals surface area contributed by atoms with Crippen LogP contribution in [0.15, 0.2) is 54.9 Å². The third kappa shape index (κ3) is 6.66. The highest BCUT2D eigenvalue weighted by molar-refractivity contribution is 6.35. The minimum atomic E-state index is 0. The van der Waals surface area contributed by atoms with Crippen LogP contribution in [0.3, 0.4) is 0 Å². The maximum absolute atomic E-state index is 6.44. The lowest BCUT2D eigenvalue weighted by atomic mass is 10.2. The van der Waals surface area contributed by atoms with E-state index < -0.39 is 0 Å². The van der Waals surface area contributed by atoms with Gasteiger partial charge in [0.2, 0.25) is 0 Å². The average Bonchev–Trinajstić information content (AvgIpc) is 2.69. The van der Waals surface area contributed by atoms with Crippen molar-refractivity contribution in [1.82, 2.24) is 10.3 Å². The Balaban J connectivity index is 0.00000300. The molecule has 3 aromatic rings. The van der Waals surface area contributed by atoms with Gasteiger partial charge in [0.05, 0.1) is 12.1 Å². The van der Waals surface area contributed by atoms with E-state index >= 15 is 0 Å². The molecule has 154 valence electrons. The van der Waals surface area contributed by atoms with Gasteiger partial charge in [-0.1, -0.05) is 46.9 Å². The van der Waals surface area contributed by atoms with Gasteiger partial charge >= 0.3 is 0 Å². The third-order valence-electron chi connectivity index (χ3n) is 4.06. The molecule has 2 aromatic carbocycles. The number of nitrogens with zero attached hydrogens (tertiary/aromatic N) is 1. The molecule has 0 unspecified atom stereocenters. The molecule has 0 atom stereocenters. The summed E-state index contributed by atoms with van der Waals surface area (Å²) in [5.41, 5.74) is 2.91. The van der Waals surface area contributed by atoms with Crippen molar-refractivity contribution in [3.63, 3.8) is 0 Å². The molecule has 0 bridgehead atoms.